The number of rotatable bonds is 1. The van der Waals surface area contributed by atoms with Crippen LogP contribution in [0.3, 0.4) is 0 Å². The average molecular weight is 187 g/mol. The lowest BCUT2D eigenvalue weighted by atomic mass is 10.3. The first-order valence-corrected chi connectivity index (χ1v) is 4.13. The second kappa shape index (κ2) is 3.37. The molecule has 0 radical (unpaired) electrons. The normalized spacial score (nSPS) is 10.1. The third kappa shape index (κ3) is 1.52. The van der Waals surface area contributed by atoms with Crippen LogP contribution in [0.25, 0.3) is 11.5 Å². The summed E-state index contributed by atoms with van der Waals surface area (Å²) in [5.41, 5.74) is 7.20. The van der Waals surface area contributed by atoms with Gasteiger partial charge in [0.1, 0.15) is 17.8 Å². The fourth-order valence-corrected chi connectivity index (χ4v) is 1.00. The van der Waals surface area contributed by atoms with Gasteiger partial charge in [-0.2, -0.15) is 0 Å². The molecule has 2 aromatic heterocycles. The first kappa shape index (κ1) is 8.55. The highest BCUT2D eigenvalue weighted by Crippen LogP contribution is 2.13. The minimum Gasteiger partial charge on any atom is -0.383 e. The first-order valence-electron chi connectivity index (χ1n) is 4.13. The van der Waals surface area contributed by atoms with Crippen molar-refractivity contribution in [2.45, 2.75) is 6.92 Å². The molecule has 2 aromatic rings. The maximum Gasteiger partial charge on any atom is 0.180 e. The molecule has 2 heterocycles. The molecule has 0 aromatic carbocycles. The topological polar surface area (TPSA) is 77.6 Å². The van der Waals surface area contributed by atoms with E-state index in [0.29, 0.717) is 17.3 Å². The molecule has 5 heteroatoms. The van der Waals surface area contributed by atoms with E-state index in [0.717, 1.165) is 5.56 Å². The van der Waals surface area contributed by atoms with Crippen LogP contribution in [0.4, 0.5) is 5.82 Å². The van der Waals surface area contributed by atoms with Crippen LogP contribution in [0.5, 0.6) is 0 Å². The van der Waals surface area contributed by atoms with E-state index in [2.05, 4.69) is 19.9 Å². The lowest BCUT2D eigenvalue weighted by Gasteiger charge is -2.01. The molecule has 70 valence electrons. The van der Waals surface area contributed by atoms with Crippen molar-refractivity contribution in [2.24, 2.45) is 0 Å². The lowest BCUT2D eigenvalue weighted by Crippen LogP contribution is -1.99. The van der Waals surface area contributed by atoms with Gasteiger partial charge in [-0.25, -0.2) is 19.9 Å². The molecular formula is C9H9N5. The van der Waals surface area contributed by atoms with E-state index < -0.39 is 0 Å². The van der Waals surface area contributed by atoms with E-state index in [1.54, 1.807) is 18.5 Å². The van der Waals surface area contributed by atoms with Crippen LogP contribution in [-0.4, -0.2) is 19.9 Å². The smallest absolute Gasteiger partial charge is 0.180 e. The summed E-state index contributed by atoms with van der Waals surface area (Å²) < 4.78 is 0. The molecular weight excluding hydrogens is 178 g/mol. The monoisotopic (exact) mass is 187 g/mol. The second-order valence-electron chi connectivity index (χ2n) is 2.86. The van der Waals surface area contributed by atoms with Crippen LogP contribution in [0, 0.1) is 6.92 Å². The highest BCUT2D eigenvalue weighted by atomic mass is 15.0. The summed E-state index contributed by atoms with van der Waals surface area (Å²) in [4.78, 5) is 16.1. The number of nitrogens with zero attached hydrogens (tertiary/aromatic N) is 4. The molecule has 0 fully saturated rings. The van der Waals surface area contributed by atoms with Crippen molar-refractivity contribution in [1.82, 2.24) is 19.9 Å². The number of hydrogen-bond acceptors (Lipinski definition) is 5. The van der Waals surface area contributed by atoms with Crippen LogP contribution in [0.2, 0.25) is 0 Å². The Hall–Kier alpha value is -2.04. The van der Waals surface area contributed by atoms with E-state index in [1.165, 1.54) is 6.33 Å². The van der Waals surface area contributed by atoms with Crippen molar-refractivity contribution in [2.75, 3.05) is 5.73 Å². The third-order valence-electron chi connectivity index (χ3n) is 1.82. The number of hydrogen-bond donors (Lipinski definition) is 1. The maximum atomic E-state index is 5.66. The van der Waals surface area contributed by atoms with E-state index in [4.69, 9.17) is 5.73 Å². The number of aromatic nitrogens is 4. The summed E-state index contributed by atoms with van der Waals surface area (Å²) in [5.74, 6) is 1.00. The number of anilines is 1. The Kier molecular flexibility index (Phi) is 2.06. The van der Waals surface area contributed by atoms with Crippen LogP contribution in [0.1, 0.15) is 5.56 Å². The Morgan fingerprint density at radius 1 is 1.29 bits per heavy atom. The van der Waals surface area contributed by atoms with Gasteiger partial charge in [-0.05, 0) is 13.0 Å². The Bertz CT molecular complexity index is 440. The van der Waals surface area contributed by atoms with Crippen molar-refractivity contribution >= 4 is 5.82 Å². The van der Waals surface area contributed by atoms with Gasteiger partial charge in [0.2, 0.25) is 0 Å². The van der Waals surface area contributed by atoms with Crippen LogP contribution < -0.4 is 5.73 Å². The zero-order chi connectivity index (χ0) is 9.97. The standard InChI is InChI=1S/C9H9N5/c1-6-4-12-9(14-8(6)10)7-2-3-11-5-13-7/h2-5H,1H3,(H2,10,12,14). The lowest BCUT2D eigenvalue weighted by molar-refractivity contribution is 1.09. The van der Waals surface area contributed by atoms with Gasteiger partial charge < -0.3 is 5.73 Å². The molecule has 14 heavy (non-hydrogen) atoms. The van der Waals surface area contributed by atoms with Gasteiger partial charge in [0, 0.05) is 18.0 Å². The summed E-state index contributed by atoms with van der Waals surface area (Å²) in [5, 5.41) is 0. The molecule has 0 aliphatic rings. The Labute approximate surface area is 81.1 Å². The summed E-state index contributed by atoms with van der Waals surface area (Å²) in [6.45, 7) is 1.86. The molecule has 0 bridgehead atoms. The largest absolute Gasteiger partial charge is 0.383 e. The quantitative estimate of drug-likeness (QED) is 0.715. The molecule has 5 nitrogen and oxygen atoms in total. The molecule has 0 spiro atoms. The van der Waals surface area contributed by atoms with E-state index in [-0.39, 0.29) is 0 Å². The minimum absolute atomic E-state index is 0.480. The zero-order valence-electron chi connectivity index (χ0n) is 7.68. The molecule has 0 aliphatic heterocycles. The predicted octanol–water partition coefficient (Wildman–Crippen LogP) is 0.824. The predicted molar refractivity (Wildman–Crippen MR) is 52.2 cm³/mol. The minimum atomic E-state index is 0.480. The van der Waals surface area contributed by atoms with Crippen LogP contribution in [-0.2, 0) is 0 Å². The molecule has 2 N–H and O–H groups in total. The number of aryl methyl sites for hydroxylation is 1. The van der Waals surface area contributed by atoms with E-state index in [1.807, 2.05) is 6.92 Å². The Morgan fingerprint density at radius 2 is 2.14 bits per heavy atom. The number of nitrogen functional groups attached to an aromatic ring is 1. The van der Waals surface area contributed by atoms with Gasteiger partial charge in [0.25, 0.3) is 0 Å². The highest BCUT2D eigenvalue weighted by molar-refractivity contribution is 5.51. The molecule has 0 aliphatic carbocycles. The van der Waals surface area contributed by atoms with Gasteiger partial charge in [-0.3, -0.25) is 0 Å². The Morgan fingerprint density at radius 3 is 2.79 bits per heavy atom. The van der Waals surface area contributed by atoms with E-state index >= 15 is 0 Å². The third-order valence-corrected chi connectivity index (χ3v) is 1.82. The number of nitrogens with two attached hydrogens (primary N) is 1. The fraction of sp³-hybridized carbons (Fsp3) is 0.111. The van der Waals surface area contributed by atoms with Gasteiger partial charge >= 0.3 is 0 Å². The molecule has 0 unspecified atom stereocenters. The summed E-state index contributed by atoms with van der Waals surface area (Å²) >= 11 is 0. The van der Waals surface area contributed by atoms with Gasteiger partial charge in [0.05, 0.1) is 0 Å². The molecule has 0 atom stereocenters. The first-order chi connectivity index (χ1) is 6.77. The summed E-state index contributed by atoms with van der Waals surface area (Å²) in [6, 6.07) is 1.74. The van der Waals surface area contributed by atoms with Crippen molar-refractivity contribution in [3.05, 3.63) is 30.4 Å². The SMILES string of the molecule is Cc1cnc(-c2ccncn2)nc1N. The zero-order valence-corrected chi connectivity index (χ0v) is 7.68. The van der Waals surface area contributed by atoms with Crippen molar-refractivity contribution in [1.29, 1.82) is 0 Å². The molecule has 0 saturated carbocycles. The maximum absolute atomic E-state index is 5.66. The van der Waals surface area contributed by atoms with Crippen LogP contribution >= 0.6 is 0 Å². The summed E-state index contributed by atoms with van der Waals surface area (Å²) in [7, 11) is 0. The average Bonchev–Trinajstić information content (AvgIpc) is 2.23. The molecule has 0 amide bonds. The van der Waals surface area contributed by atoms with Gasteiger partial charge in [0.15, 0.2) is 5.82 Å². The van der Waals surface area contributed by atoms with Gasteiger partial charge in [-0.1, -0.05) is 0 Å². The molecule has 2 rings (SSSR count). The van der Waals surface area contributed by atoms with Crippen molar-refractivity contribution in [3.63, 3.8) is 0 Å². The Balaban J connectivity index is 2.48. The second-order valence-corrected chi connectivity index (χ2v) is 2.86. The summed E-state index contributed by atoms with van der Waals surface area (Å²) in [6.07, 6.45) is 4.77. The van der Waals surface area contributed by atoms with Crippen LogP contribution in [0.15, 0.2) is 24.8 Å². The van der Waals surface area contributed by atoms with Gasteiger partial charge in [-0.15, -0.1) is 0 Å². The highest BCUT2D eigenvalue weighted by Gasteiger charge is 2.03. The fourth-order valence-electron chi connectivity index (χ4n) is 1.00. The van der Waals surface area contributed by atoms with E-state index in [9.17, 15) is 0 Å². The molecule has 0 saturated heterocycles. The van der Waals surface area contributed by atoms with Crippen molar-refractivity contribution < 1.29 is 0 Å². The van der Waals surface area contributed by atoms with Crippen molar-refractivity contribution in [3.8, 4) is 11.5 Å².